The van der Waals surface area contributed by atoms with Gasteiger partial charge in [0.1, 0.15) is 6.10 Å². The average molecular weight is 250 g/mol. The van der Waals surface area contributed by atoms with Crippen molar-refractivity contribution in [3.63, 3.8) is 0 Å². The minimum absolute atomic E-state index is 0.0506. The Balaban J connectivity index is 2.42. The molecule has 0 fully saturated rings. The van der Waals surface area contributed by atoms with Crippen molar-refractivity contribution < 1.29 is 9.53 Å². The molecule has 1 aliphatic carbocycles. The third-order valence-electron chi connectivity index (χ3n) is 3.53. The molecule has 0 aliphatic heterocycles. The summed E-state index contributed by atoms with van der Waals surface area (Å²) in [7, 11) is 0. The molecule has 2 unspecified atom stereocenters. The molecule has 0 radical (unpaired) electrons. The van der Waals surface area contributed by atoms with Gasteiger partial charge < -0.3 is 4.74 Å². The zero-order valence-corrected chi connectivity index (χ0v) is 12.2. The third-order valence-corrected chi connectivity index (χ3v) is 3.53. The summed E-state index contributed by atoms with van der Waals surface area (Å²) >= 11 is 0. The van der Waals surface area contributed by atoms with Crippen LogP contribution in [0.25, 0.3) is 0 Å². The fourth-order valence-corrected chi connectivity index (χ4v) is 2.53. The van der Waals surface area contributed by atoms with Crippen LogP contribution in [-0.4, -0.2) is 12.1 Å². The molecule has 0 N–H and O–H groups in total. The number of hydrogen-bond donors (Lipinski definition) is 0. The summed E-state index contributed by atoms with van der Waals surface area (Å²) in [5, 5.41) is 0. The number of ether oxygens (including phenoxy) is 1. The van der Waals surface area contributed by atoms with Crippen LogP contribution in [0.5, 0.6) is 0 Å². The molecule has 0 aromatic carbocycles. The van der Waals surface area contributed by atoms with Gasteiger partial charge in [-0.05, 0) is 58.8 Å². The van der Waals surface area contributed by atoms with E-state index in [0.29, 0.717) is 5.92 Å². The van der Waals surface area contributed by atoms with Gasteiger partial charge in [-0.2, -0.15) is 0 Å². The quantitative estimate of drug-likeness (QED) is 0.533. The van der Waals surface area contributed by atoms with Crippen LogP contribution >= 0.6 is 0 Å². The first kappa shape index (κ1) is 15.0. The van der Waals surface area contributed by atoms with Crippen molar-refractivity contribution in [2.24, 2.45) is 5.92 Å². The molecular formula is C16H26O2. The summed E-state index contributed by atoms with van der Waals surface area (Å²) < 4.78 is 5.30. The van der Waals surface area contributed by atoms with E-state index in [-0.39, 0.29) is 12.1 Å². The van der Waals surface area contributed by atoms with Crippen LogP contribution in [0.1, 0.15) is 59.8 Å². The molecule has 0 amide bonds. The van der Waals surface area contributed by atoms with Gasteiger partial charge in [-0.25, -0.2) is 0 Å². The standard InChI is InChI=1S/C16H26O2/c1-12(2)7-5-8-15-9-6-10-16(11-15)13(3)18-14(4)17/h7,9,13,16H,5-6,8,10-11H2,1-4H3. The zero-order chi connectivity index (χ0) is 13.5. The first-order valence-corrected chi connectivity index (χ1v) is 6.97. The molecule has 2 atom stereocenters. The average Bonchev–Trinajstić information content (AvgIpc) is 2.28. The highest BCUT2D eigenvalue weighted by Gasteiger charge is 2.23. The highest BCUT2D eigenvalue weighted by molar-refractivity contribution is 5.66. The summed E-state index contributed by atoms with van der Waals surface area (Å²) in [5.41, 5.74) is 2.92. The minimum atomic E-state index is -0.164. The van der Waals surface area contributed by atoms with Crippen LogP contribution in [-0.2, 0) is 9.53 Å². The van der Waals surface area contributed by atoms with Crippen LogP contribution in [0.2, 0.25) is 0 Å². The normalized spacial score (nSPS) is 20.9. The molecule has 102 valence electrons. The molecule has 1 rings (SSSR count). The number of rotatable bonds is 5. The Morgan fingerprint density at radius 3 is 2.83 bits per heavy atom. The maximum atomic E-state index is 11.0. The second kappa shape index (κ2) is 7.40. The van der Waals surface area contributed by atoms with Crippen LogP contribution in [0.15, 0.2) is 23.3 Å². The van der Waals surface area contributed by atoms with Crippen molar-refractivity contribution in [1.82, 2.24) is 0 Å². The molecule has 0 saturated heterocycles. The molecule has 0 aromatic rings. The van der Waals surface area contributed by atoms with Gasteiger partial charge >= 0.3 is 5.97 Å². The van der Waals surface area contributed by atoms with Gasteiger partial charge in [0, 0.05) is 6.92 Å². The Morgan fingerprint density at radius 2 is 2.22 bits per heavy atom. The summed E-state index contributed by atoms with van der Waals surface area (Å²) in [6, 6.07) is 0. The van der Waals surface area contributed by atoms with Crippen molar-refractivity contribution in [3.8, 4) is 0 Å². The van der Waals surface area contributed by atoms with Crippen LogP contribution < -0.4 is 0 Å². The number of esters is 1. The smallest absolute Gasteiger partial charge is 0.302 e. The Morgan fingerprint density at radius 1 is 1.50 bits per heavy atom. The highest BCUT2D eigenvalue weighted by Crippen LogP contribution is 2.30. The second-order valence-electron chi connectivity index (χ2n) is 5.54. The highest BCUT2D eigenvalue weighted by atomic mass is 16.5. The van der Waals surface area contributed by atoms with Crippen LogP contribution in [0.4, 0.5) is 0 Å². The fourth-order valence-electron chi connectivity index (χ4n) is 2.53. The Labute approximate surface area is 111 Å². The maximum absolute atomic E-state index is 11.0. The SMILES string of the molecule is CC(=O)OC(C)C1CCC=C(CCC=C(C)C)C1. The Hall–Kier alpha value is -1.05. The lowest BCUT2D eigenvalue weighted by Crippen LogP contribution is -2.25. The first-order chi connectivity index (χ1) is 8.49. The number of hydrogen-bond acceptors (Lipinski definition) is 2. The van der Waals surface area contributed by atoms with E-state index in [9.17, 15) is 4.79 Å². The lowest BCUT2D eigenvalue weighted by molar-refractivity contribution is -0.148. The number of carbonyl (C=O) groups excluding carboxylic acids is 1. The first-order valence-electron chi connectivity index (χ1n) is 6.97. The molecule has 0 spiro atoms. The van der Waals surface area contributed by atoms with E-state index in [2.05, 4.69) is 26.0 Å². The summed E-state index contributed by atoms with van der Waals surface area (Å²) in [5.74, 6) is 0.337. The molecule has 0 heterocycles. The van der Waals surface area contributed by atoms with Gasteiger partial charge in [0.15, 0.2) is 0 Å². The predicted octanol–water partition coefficient (Wildman–Crippen LogP) is 4.41. The molecule has 1 aliphatic rings. The van der Waals surface area contributed by atoms with Gasteiger partial charge in [0.05, 0.1) is 0 Å². The third kappa shape index (κ3) is 5.52. The number of carbonyl (C=O) groups is 1. The molecule has 18 heavy (non-hydrogen) atoms. The Bertz CT molecular complexity index is 335. The molecular weight excluding hydrogens is 224 g/mol. The molecule has 0 saturated carbocycles. The summed E-state index contributed by atoms with van der Waals surface area (Å²) in [6.07, 6.45) is 10.3. The monoisotopic (exact) mass is 250 g/mol. The molecule has 2 nitrogen and oxygen atoms in total. The van der Waals surface area contributed by atoms with E-state index < -0.39 is 0 Å². The molecule has 0 bridgehead atoms. The van der Waals surface area contributed by atoms with E-state index in [1.165, 1.54) is 18.1 Å². The lowest BCUT2D eigenvalue weighted by atomic mass is 9.84. The zero-order valence-electron chi connectivity index (χ0n) is 12.2. The van der Waals surface area contributed by atoms with Gasteiger partial charge in [-0.3, -0.25) is 4.79 Å². The maximum Gasteiger partial charge on any atom is 0.302 e. The van der Waals surface area contributed by atoms with Gasteiger partial charge in [0.2, 0.25) is 0 Å². The van der Waals surface area contributed by atoms with Gasteiger partial charge in [0.25, 0.3) is 0 Å². The van der Waals surface area contributed by atoms with Crippen molar-refractivity contribution in [1.29, 1.82) is 0 Å². The van der Waals surface area contributed by atoms with E-state index in [4.69, 9.17) is 4.74 Å². The number of allylic oxidation sites excluding steroid dienone is 4. The van der Waals surface area contributed by atoms with E-state index in [1.54, 1.807) is 0 Å². The summed E-state index contributed by atoms with van der Waals surface area (Å²) in [4.78, 5) is 11.0. The predicted molar refractivity (Wildman–Crippen MR) is 75.3 cm³/mol. The minimum Gasteiger partial charge on any atom is -0.463 e. The lowest BCUT2D eigenvalue weighted by Gasteiger charge is -2.27. The van der Waals surface area contributed by atoms with Crippen LogP contribution in [0.3, 0.4) is 0 Å². The van der Waals surface area contributed by atoms with E-state index in [1.807, 2.05) is 6.92 Å². The topological polar surface area (TPSA) is 26.3 Å². The van der Waals surface area contributed by atoms with Crippen molar-refractivity contribution >= 4 is 5.97 Å². The van der Waals surface area contributed by atoms with Crippen molar-refractivity contribution in [3.05, 3.63) is 23.3 Å². The van der Waals surface area contributed by atoms with E-state index in [0.717, 1.165) is 32.1 Å². The fraction of sp³-hybridized carbons (Fsp3) is 0.688. The van der Waals surface area contributed by atoms with Crippen molar-refractivity contribution in [2.45, 2.75) is 65.9 Å². The largest absolute Gasteiger partial charge is 0.463 e. The second-order valence-corrected chi connectivity index (χ2v) is 5.54. The molecule has 2 heteroatoms. The Kier molecular flexibility index (Phi) is 6.17. The van der Waals surface area contributed by atoms with E-state index >= 15 is 0 Å². The van der Waals surface area contributed by atoms with Gasteiger partial charge in [-0.15, -0.1) is 0 Å². The van der Waals surface area contributed by atoms with Crippen molar-refractivity contribution in [2.75, 3.05) is 0 Å². The van der Waals surface area contributed by atoms with Gasteiger partial charge in [-0.1, -0.05) is 23.3 Å². The summed E-state index contributed by atoms with van der Waals surface area (Å²) in [6.45, 7) is 7.79. The van der Waals surface area contributed by atoms with Crippen LogP contribution in [0, 0.1) is 5.92 Å². The molecule has 0 aromatic heterocycles.